The Morgan fingerprint density at radius 1 is 1.07 bits per heavy atom. The van der Waals surface area contributed by atoms with Crippen molar-refractivity contribution in [1.82, 2.24) is 0 Å². The van der Waals surface area contributed by atoms with Gasteiger partial charge in [-0.3, -0.25) is 4.55 Å². The van der Waals surface area contributed by atoms with Gasteiger partial charge in [0.15, 0.2) is 0 Å². The Kier molecular flexibility index (Phi) is 5.52. The normalized spacial score (nSPS) is 9.50. The summed E-state index contributed by atoms with van der Waals surface area (Å²) in [6, 6.07) is 7.42. The molecule has 1 rings (SSSR count). The second kappa shape index (κ2) is 6.12. The first-order valence-corrected chi connectivity index (χ1v) is 5.22. The fourth-order valence-corrected chi connectivity index (χ4v) is 1.09. The van der Waals surface area contributed by atoms with Crippen LogP contribution in [-0.4, -0.2) is 13.0 Å². The first kappa shape index (κ1) is 12.6. The van der Waals surface area contributed by atoms with Gasteiger partial charge >= 0.3 is 0 Å². The maximum atomic E-state index is 10.4. The molecule has 0 spiro atoms. The topological polar surface area (TPSA) is 54.4 Å². The first-order valence-electron chi connectivity index (χ1n) is 3.78. The highest BCUT2D eigenvalue weighted by Gasteiger charge is 2.05. The molecular weight excluding hydrogens is 200 g/mol. The predicted molar refractivity (Wildman–Crippen MR) is 56.7 cm³/mol. The van der Waals surface area contributed by atoms with Crippen molar-refractivity contribution in [2.24, 2.45) is 0 Å². The van der Waals surface area contributed by atoms with E-state index < -0.39 is 10.1 Å². The van der Waals surface area contributed by atoms with Gasteiger partial charge in [-0.15, -0.1) is 0 Å². The molecule has 0 radical (unpaired) electrons. The molecule has 1 aromatic carbocycles. The number of hydrogen-bond acceptors (Lipinski definition) is 2. The second-order valence-corrected chi connectivity index (χ2v) is 3.68. The van der Waals surface area contributed by atoms with Crippen molar-refractivity contribution in [2.45, 2.75) is 4.90 Å². The maximum absolute atomic E-state index is 10.4. The van der Waals surface area contributed by atoms with Crippen LogP contribution in [0.1, 0.15) is 0 Å². The summed E-state index contributed by atoms with van der Waals surface area (Å²) in [6.45, 7) is 6.72. The van der Waals surface area contributed by atoms with E-state index in [-0.39, 0.29) is 4.90 Å². The number of rotatable bonds is 2. The van der Waals surface area contributed by atoms with E-state index in [0.29, 0.717) is 0 Å². The van der Waals surface area contributed by atoms with Crippen LogP contribution in [0.3, 0.4) is 0 Å². The van der Waals surface area contributed by atoms with E-state index in [9.17, 15) is 8.42 Å². The molecule has 0 saturated carbocycles. The highest BCUT2D eigenvalue weighted by Crippen LogP contribution is 2.05. The molecule has 0 aliphatic heterocycles. The molecule has 3 nitrogen and oxygen atoms in total. The number of benzene rings is 1. The van der Waals surface area contributed by atoms with E-state index >= 15 is 0 Å². The summed E-state index contributed by atoms with van der Waals surface area (Å²) in [6.07, 6.45) is 3.28. The van der Waals surface area contributed by atoms with E-state index in [2.05, 4.69) is 13.2 Å². The van der Waals surface area contributed by atoms with Gasteiger partial charge in [-0.05, 0) is 12.1 Å². The second-order valence-electron chi connectivity index (χ2n) is 2.26. The fourth-order valence-electron chi connectivity index (χ4n) is 0.592. The van der Waals surface area contributed by atoms with Gasteiger partial charge in [0.2, 0.25) is 0 Å². The summed E-state index contributed by atoms with van der Waals surface area (Å²) in [5, 5.41) is 0. The van der Waals surface area contributed by atoms with E-state index in [1.54, 1.807) is 30.4 Å². The molecule has 0 heterocycles. The third-order valence-electron chi connectivity index (χ3n) is 1.21. The zero-order valence-corrected chi connectivity index (χ0v) is 8.44. The predicted octanol–water partition coefficient (Wildman–Crippen LogP) is 2.29. The number of allylic oxidation sites excluding steroid dienone is 2. The van der Waals surface area contributed by atoms with E-state index in [1.807, 2.05) is 0 Å². The smallest absolute Gasteiger partial charge is 0.282 e. The van der Waals surface area contributed by atoms with Gasteiger partial charge in [-0.1, -0.05) is 43.5 Å². The van der Waals surface area contributed by atoms with Gasteiger partial charge in [0.05, 0.1) is 4.90 Å². The van der Waals surface area contributed by atoms with Gasteiger partial charge in [0, 0.05) is 0 Å². The lowest BCUT2D eigenvalue weighted by Crippen LogP contribution is -1.96. The van der Waals surface area contributed by atoms with Gasteiger partial charge in [0.25, 0.3) is 10.1 Å². The molecule has 0 saturated heterocycles. The van der Waals surface area contributed by atoms with Crippen molar-refractivity contribution in [1.29, 1.82) is 0 Å². The van der Waals surface area contributed by atoms with Gasteiger partial charge < -0.3 is 0 Å². The summed E-state index contributed by atoms with van der Waals surface area (Å²) < 4.78 is 29.2. The van der Waals surface area contributed by atoms with Crippen molar-refractivity contribution in [3.05, 3.63) is 55.6 Å². The third-order valence-corrected chi connectivity index (χ3v) is 2.08. The van der Waals surface area contributed by atoms with Crippen LogP contribution in [0.4, 0.5) is 0 Å². The van der Waals surface area contributed by atoms with Crippen LogP contribution < -0.4 is 0 Å². The van der Waals surface area contributed by atoms with Crippen LogP contribution in [0, 0.1) is 0 Å². The zero-order valence-electron chi connectivity index (χ0n) is 7.63. The minimum Gasteiger partial charge on any atom is -0.282 e. The van der Waals surface area contributed by atoms with Crippen molar-refractivity contribution < 1.29 is 13.0 Å². The van der Waals surface area contributed by atoms with Crippen molar-refractivity contribution in [3.8, 4) is 0 Å². The Bertz CT molecular complexity index is 373. The average molecular weight is 212 g/mol. The lowest BCUT2D eigenvalue weighted by atomic mass is 10.4. The largest absolute Gasteiger partial charge is 0.294 e. The van der Waals surface area contributed by atoms with Gasteiger partial charge in [0.1, 0.15) is 0 Å². The summed E-state index contributed by atoms with van der Waals surface area (Å²) in [7, 11) is -4.00. The Hall–Kier alpha value is -1.39. The molecule has 0 fully saturated rings. The molecule has 14 heavy (non-hydrogen) atoms. The molecule has 0 atom stereocenters. The lowest BCUT2D eigenvalue weighted by molar-refractivity contribution is 0.483. The lowest BCUT2D eigenvalue weighted by Gasteiger charge is -1.92. The van der Waals surface area contributed by atoms with Crippen LogP contribution in [0.2, 0.25) is 0 Å². The molecular formula is C10H12O3S. The molecule has 1 aromatic rings. The minimum atomic E-state index is -4.00. The Labute approximate surface area is 84.1 Å². The number of hydrogen-bond donors (Lipinski definition) is 1. The standard InChI is InChI=1S/C6H6O3S.C4H6/c7-10(8,9)6-4-2-1-3-5-6;1-3-4-2/h1-5H,(H,7,8,9);3-4H,1-2H2. The Morgan fingerprint density at radius 2 is 1.50 bits per heavy atom. The molecule has 0 aliphatic rings. The van der Waals surface area contributed by atoms with Crippen molar-refractivity contribution in [2.75, 3.05) is 0 Å². The van der Waals surface area contributed by atoms with E-state index in [0.717, 1.165) is 0 Å². The highest BCUT2D eigenvalue weighted by atomic mass is 32.2. The molecule has 0 amide bonds. The quantitative estimate of drug-likeness (QED) is 0.604. The van der Waals surface area contributed by atoms with Crippen LogP contribution in [0.5, 0.6) is 0 Å². The van der Waals surface area contributed by atoms with Crippen LogP contribution >= 0.6 is 0 Å². The minimum absolute atomic E-state index is 0.0741. The monoisotopic (exact) mass is 212 g/mol. The summed E-state index contributed by atoms with van der Waals surface area (Å²) in [5.74, 6) is 0. The maximum Gasteiger partial charge on any atom is 0.294 e. The third kappa shape index (κ3) is 5.29. The van der Waals surface area contributed by atoms with Crippen molar-refractivity contribution >= 4 is 10.1 Å². The summed E-state index contributed by atoms with van der Waals surface area (Å²) >= 11 is 0. The molecule has 1 N–H and O–H groups in total. The molecule has 0 aliphatic carbocycles. The molecule has 0 bridgehead atoms. The summed E-state index contributed by atoms with van der Waals surface area (Å²) in [5.41, 5.74) is 0. The van der Waals surface area contributed by atoms with Crippen LogP contribution in [0.15, 0.2) is 60.5 Å². The Morgan fingerprint density at radius 3 is 1.71 bits per heavy atom. The summed E-state index contributed by atoms with van der Waals surface area (Å²) in [4.78, 5) is -0.0741. The zero-order chi connectivity index (χ0) is 11.0. The molecule has 4 heteroatoms. The Balaban J connectivity index is 0.000000364. The SMILES string of the molecule is C=CC=C.O=S(=O)(O)c1ccccc1. The average Bonchev–Trinajstić information content (AvgIpc) is 2.18. The van der Waals surface area contributed by atoms with E-state index in [4.69, 9.17) is 4.55 Å². The highest BCUT2D eigenvalue weighted by molar-refractivity contribution is 7.85. The molecule has 0 aromatic heterocycles. The van der Waals surface area contributed by atoms with E-state index in [1.165, 1.54) is 12.1 Å². The molecule has 0 unspecified atom stereocenters. The molecule has 76 valence electrons. The van der Waals surface area contributed by atoms with Crippen LogP contribution in [0.25, 0.3) is 0 Å². The fraction of sp³-hybridized carbons (Fsp3) is 0. The van der Waals surface area contributed by atoms with Crippen LogP contribution in [-0.2, 0) is 10.1 Å². The van der Waals surface area contributed by atoms with Gasteiger partial charge in [-0.25, -0.2) is 0 Å². The van der Waals surface area contributed by atoms with Crippen molar-refractivity contribution in [3.63, 3.8) is 0 Å². The van der Waals surface area contributed by atoms with Gasteiger partial charge in [-0.2, -0.15) is 8.42 Å². The first-order chi connectivity index (χ1) is 6.52.